The second kappa shape index (κ2) is 5.06. The number of anilines is 1. The molecule has 5 heteroatoms. The molecule has 0 aliphatic rings. The zero-order valence-corrected chi connectivity index (χ0v) is 10.4. The number of hydrogen-bond donors (Lipinski definition) is 2. The molecule has 0 spiro atoms. The summed E-state index contributed by atoms with van der Waals surface area (Å²) in [5.41, 5.74) is 1.77. The van der Waals surface area contributed by atoms with Crippen LogP contribution in [0.3, 0.4) is 0 Å². The van der Waals surface area contributed by atoms with Crippen LogP contribution < -0.4 is 5.32 Å². The van der Waals surface area contributed by atoms with Crippen LogP contribution in [0.5, 0.6) is 5.75 Å². The van der Waals surface area contributed by atoms with Gasteiger partial charge in [0.2, 0.25) is 0 Å². The van der Waals surface area contributed by atoms with Crippen molar-refractivity contribution < 1.29 is 9.90 Å². The van der Waals surface area contributed by atoms with Crippen LogP contribution in [0.1, 0.15) is 15.9 Å². The summed E-state index contributed by atoms with van der Waals surface area (Å²) in [5.74, 6) is -0.117. The van der Waals surface area contributed by atoms with Gasteiger partial charge in [0.25, 0.3) is 5.91 Å². The first-order valence-electron chi connectivity index (χ1n) is 5.29. The second-order valence-electron chi connectivity index (χ2n) is 3.82. The smallest absolute Gasteiger partial charge is 0.255 e. The molecular formula is C13H11ClN2O2. The summed E-state index contributed by atoms with van der Waals surface area (Å²) in [7, 11) is 0. The van der Waals surface area contributed by atoms with Crippen molar-refractivity contribution in [3.8, 4) is 5.75 Å². The zero-order chi connectivity index (χ0) is 13.1. The van der Waals surface area contributed by atoms with Crippen molar-refractivity contribution in [2.45, 2.75) is 6.92 Å². The van der Waals surface area contributed by atoms with Crippen molar-refractivity contribution in [3.63, 3.8) is 0 Å². The highest BCUT2D eigenvalue weighted by Gasteiger charge is 2.09. The number of aromatic hydroxyl groups is 1. The molecular weight excluding hydrogens is 252 g/mol. The van der Waals surface area contributed by atoms with Gasteiger partial charge in [0, 0.05) is 5.56 Å². The van der Waals surface area contributed by atoms with Gasteiger partial charge in [-0.2, -0.15) is 0 Å². The van der Waals surface area contributed by atoms with E-state index in [0.717, 1.165) is 0 Å². The molecule has 1 aromatic heterocycles. The third kappa shape index (κ3) is 2.78. The van der Waals surface area contributed by atoms with Crippen LogP contribution in [0.2, 0.25) is 5.15 Å². The van der Waals surface area contributed by atoms with Crippen LogP contribution >= 0.6 is 11.6 Å². The van der Waals surface area contributed by atoms with Gasteiger partial charge >= 0.3 is 0 Å². The number of carbonyl (C=O) groups excluding carboxylic acids is 1. The molecule has 1 amide bonds. The van der Waals surface area contributed by atoms with Gasteiger partial charge in [-0.05, 0) is 42.8 Å². The van der Waals surface area contributed by atoms with E-state index in [0.29, 0.717) is 22.0 Å². The van der Waals surface area contributed by atoms with Crippen molar-refractivity contribution >= 4 is 23.2 Å². The van der Waals surface area contributed by atoms with E-state index < -0.39 is 0 Å². The van der Waals surface area contributed by atoms with Gasteiger partial charge in [0.05, 0.1) is 11.9 Å². The van der Waals surface area contributed by atoms with E-state index in [1.54, 1.807) is 25.1 Å². The fourth-order valence-corrected chi connectivity index (χ4v) is 1.66. The van der Waals surface area contributed by atoms with E-state index in [4.69, 9.17) is 11.6 Å². The van der Waals surface area contributed by atoms with Crippen LogP contribution in [0.15, 0.2) is 36.5 Å². The zero-order valence-electron chi connectivity index (χ0n) is 9.64. The van der Waals surface area contributed by atoms with Crippen molar-refractivity contribution in [1.29, 1.82) is 0 Å². The molecule has 0 bridgehead atoms. The normalized spacial score (nSPS) is 10.1. The van der Waals surface area contributed by atoms with Crippen LogP contribution in [-0.2, 0) is 0 Å². The molecule has 2 aromatic rings. The molecule has 0 fully saturated rings. The number of hydrogen-bond acceptors (Lipinski definition) is 3. The van der Waals surface area contributed by atoms with Gasteiger partial charge in [-0.25, -0.2) is 4.98 Å². The third-order valence-corrected chi connectivity index (χ3v) is 2.66. The van der Waals surface area contributed by atoms with Crippen LogP contribution in [0, 0.1) is 6.92 Å². The number of pyridine rings is 1. The number of carbonyl (C=O) groups is 1. The van der Waals surface area contributed by atoms with Gasteiger partial charge in [-0.1, -0.05) is 11.6 Å². The Hall–Kier alpha value is -2.07. The van der Waals surface area contributed by atoms with E-state index >= 15 is 0 Å². The third-order valence-electron chi connectivity index (χ3n) is 2.44. The first-order valence-corrected chi connectivity index (χ1v) is 5.66. The second-order valence-corrected chi connectivity index (χ2v) is 4.21. The number of amides is 1. The summed E-state index contributed by atoms with van der Waals surface area (Å²) < 4.78 is 0. The molecule has 18 heavy (non-hydrogen) atoms. The van der Waals surface area contributed by atoms with Crippen LogP contribution in [-0.4, -0.2) is 16.0 Å². The van der Waals surface area contributed by atoms with Crippen molar-refractivity contribution in [2.75, 3.05) is 5.32 Å². The quantitative estimate of drug-likeness (QED) is 0.818. The highest BCUT2D eigenvalue weighted by molar-refractivity contribution is 6.29. The van der Waals surface area contributed by atoms with E-state index in [1.165, 1.54) is 18.3 Å². The molecule has 0 atom stereocenters. The molecule has 0 unspecified atom stereocenters. The number of nitrogens with one attached hydrogen (secondary N) is 1. The predicted octanol–water partition coefficient (Wildman–Crippen LogP) is 3.00. The Morgan fingerprint density at radius 3 is 2.72 bits per heavy atom. The first-order chi connectivity index (χ1) is 8.56. The predicted molar refractivity (Wildman–Crippen MR) is 70.0 cm³/mol. The fourth-order valence-electron chi connectivity index (χ4n) is 1.55. The molecule has 0 radical (unpaired) electrons. The maximum absolute atomic E-state index is 12.0. The summed E-state index contributed by atoms with van der Waals surface area (Å²) in [6, 6.07) is 7.85. The summed E-state index contributed by atoms with van der Waals surface area (Å²) in [4.78, 5) is 15.9. The molecule has 4 nitrogen and oxygen atoms in total. The molecule has 1 heterocycles. The minimum Gasteiger partial charge on any atom is -0.508 e. The number of aryl methyl sites for hydroxylation is 1. The average Bonchev–Trinajstić information content (AvgIpc) is 2.32. The topological polar surface area (TPSA) is 62.2 Å². The van der Waals surface area contributed by atoms with Gasteiger partial charge in [-0.15, -0.1) is 0 Å². The minimum absolute atomic E-state index is 0.136. The minimum atomic E-state index is -0.253. The number of aromatic nitrogens is 1. The van der Waals surface area contributed by atoms with E-state index in [9.17, 15) is 9.90 Å². The highest BCUT2D eigenvalue weighted by Crippen LogP contribution is 2.17. The molecule has 2 rings (SSSR count). The average molecular weight is 263 g/mol. The van der Waals surface area contributed by atoms with Gasteiger partial charge in [-0.3, -0.25) is 4.79 Å². The lowest BCUT2D eigenvalue weighted by atomic mass is 10.1. The molecule has 0 aliphatic carbocycles. The Labute approximate surface area is 109 Å². The Kier molecular flexibility index (Phi) is 3.48. The Bertz CT molecular complexity index is 582. The van der Waals surface area contributed by atoms with E-state index in [2.05, 4.69) is 10.3 Å². The molecule has 0 saturated heterocycles. The molecule has 2 N–H and O–H groups in total. The lowest BCUT2D eigenvalue weighted by Crippen LogP contribution is -2.13. The summed E-state index contributed by atoms with van der Waals surface area (Å²) in [6.45, 7) is 1.76. The van der Waals surface area contributed by atoms with Crippen molar-refractivity contribution in [3.05, 3.63) is 52.8 Å². The number of benzene rings is 1. The van der Waals surface area contributed by atoms with Crippen molar-refractivity contribution in [2.24, 2.45) is 0 Å². The fraction of sp³-hybridized carbons (Fsp3) is 0.0769. The first kappa shape index (κ1) is 12.4. The van der Waals surface area contributed by atoms with Gasteiger partial charge < -0.3 is 10.4 Å². The van der Waals surface area contributed by atoms with Crippen LogP contribution in [0.25, 0.3) is 0 Å². The van der Waals surface area contributed by atoms with Crippen LogP contribution in [0.4, 0.5) is 5.69 Å². The lowest BCUT2D eigenvalue weighted by Gasteiger charge is -2.07. The number of phenolic OH excluding ortho intramolecular Hbond substituents is 1. The molecule has 92 valence electrons. The molecule has 0 aliphatic heterocycles. The maximum atomic E-state index is 12.0. The summed E-state index contributed by atoms with van der Waals surface area (Å²) in [6.07, 6.45) is 1.48. The van der Waals surface area contributed by atoms with Gasteiger partial charge in [0.15, 0.2) is 0 Å². The number of halogens is 1. The molecule has 0 saturated carbocycles. The Morgan fingerprint density at radius 1 is 1.33 bits per heavy atom. The number of rotatable bonds is 2. The van der Waals surface area contributed by atoms with E-state index in [1.807, 2.05) is 0 Å². The standard InChI is InChI=1S/C13H11ClN2O2/c1-8-6-10(17)3-4-11(8)13(18)16-9-2-5-12(14)15-7-9/h2-7,17H,1H3,(H,16,18). The highest BCUT2D eigenvalue weighted by atomic mass is 35.5. The lowest BCUT2D eigenvalue weighted by molar-refractivity contribution is 0.102. The monoisotopic (exact) mass is 262 g/mol. The summed E-state index contributed by atoms with van der Waals surface area (Å²) in [5, 5.41) is 12.4. The maximum Gasteiger partial charge on any atom is 0.255 e. The Morgan fingerprint density at radius 2 is 2.11 bits per heavy atom. The number of nitrogens with zero attached hydrogens (tertiary/aromatic N) is 1. The number of phenols is 1. The van der Waals surface area contributed by atoms with Crippen molar-refractivity contribution in [1.82, 2.24) is 4.98 Å². The molecule has 1 aromatic carbocycles. The Balaban J connectivity index is 2.19. The SMILES string of the molecule is Cc1cc(O)ccc1C(=O)Nc1ccc(Cl)nc1. The van der Waals surface area contributed by atoms with E-state index in [-0.39, 0.29) is 11.7 Å². The van der Waals surface area contributed by atoms with Gasteiger partial charge in [0.1, 0.15) is 10.9 Å². The largest absolute Gasteiger partial charge is 0.508 e. The summed E-state index contributed by atoms with van der Waals surface area (Å²) >= 11 is 5.66.